The van der Waals surface area contributed by atoms with Gasteiger partial charge in [-0.25, -0.2) is 0 Å². The van der Waals surface area contributed by atoms with E-state index in [1.807, 2.05) is 6.92 Å². The van der Waals surface area contributed by atoms with Crippen LogP contribution in [0.3, 0.4) is 0 Å². The molecular formula is C12H19NO3. The maximum Gasteiger partial charge on any atom is 0.311 e. The van der Waals surface area contributed by atoms with Gasteiger partial charge in [-0.3, -0.25) is 9.59 Å². The summed E-state index contributed by atoms with van der Waals surface area (Å²) in [6.45, 7) is 4.98. The summed E-state index contributed by atoms with van der Waals surface area (Å²) in [6, 6.07) is 0. The highest BCUT2D eigenvalue weighted by molar-refractivity contribution is 5.84. The monoisotopic (exact) mass is 225 g/mol. The Morgan fingerprint density at radius 3 is 2.50 bits per heavy atom. The van der Waals surface area contributed by atoms with Crippen molar-refractivity contribution in [1.82, 2.24) is 4.90 Å². The molecule has 90 valence electrons. The van der Waals surface area contributed by atoms with E-state index in [1.165, 1.54) is 0 Å². The normalized spacial score (nSPS) is 37.5. The lowest BCUT2D eigenvalue weighted by atomic mass is 9.84. The minimum atomic E-state index is -0.755. The van der Waals surface area contributed by atoms with E-state index in [-0.39, 0.29) is 11.8 Å². The molecule has 1 amide bonds. The van der Waals surface area contributed by atoms with Crippen LogP contribution in [-0.4, -0.2) is 35.0 Å². The first-order chi connectivity index (χ1) is 7.50. The molecule has 1 aliphatic heterocycles. The van der Waals surface area contributed by atoms with Gasteiger partial charge >= 0.3 is 5.97 Å². The van der Waals surface area contributed by atoms with Crippen molar-refractivity contribution < 1.29 is 14.7 Å². The number of rotatable bonds is 3. The summed E-state index contributed by atoms with van der Waals surface area (Å²) in [4.78, 5) is 25.0. The number of hydrogen-bond acceptors (Lipinski definition) is 2. The van der Waals surface area contributed by atoms with E-state index in [4.69, 9.17) is 0 Å². The van der Waals surface area contributed by atoms with Crippen LogP contribution in [0.2, 0.25) is 0 Å². The summed E-state index contributed by atoms with van der Waals surface area (Å²) in [5.41, 5.74) is -0.687. The van der Waals surface area contributed by atoms with Gasteiger partial charge in [-0.15, -0.1) is 0 Å². The van der Waals surface area contributed by atoms with Crippen molar-refractivity contribution in [3.05, 3.63) is 0 Å². The van der Waals surface area contributed by atoms with Gasteiger partial charge in [0.15, 0.2) is 0 Å². The Morgan fingerprint density at radius 1 is 1.50 bits per heavy atom. The lowest BCUT2D eigenvalue weighted by Crippen LogP contribution is -2.37. The van der Waals surface area contributed by atoms with Gasteiger partial charge in [0.25, 0.3) is 0 Å². The first-order valence-corrected chi connectivity index (χ1v) is 6.02. The zero-order valence-corrected chi connectivity index (χ0v) is 9.90. The number of carboxylic acid groups (broad SMARTS) is 1. The number of carbonyl (C=O) groups excluding carboxylic acids is 1. The van der Waals surface area contributed by atoms with E-state index in [0.717, 1.165) is 6.42 Å². The highest BCUT2D eigenvalue weighted by Gasteiger charge is 2.49. The van der Waals surface area contributed by atoms with Gasteiger partial charge in [0.1, 0.15) is 0 Å². The molecule has 16 heavy (non-hydrogen) atoms. The first kappa shape index (κ1) is 11.4. The van der Waals surface area contributed by atoms with Crippen LogP contribution in [-0.2, 0) is 9.59 Å². The largest absolute Gasteiger partial charge is 0.481 e. The molecular weight excluding hydrogens is 206 g/mol. The molecule has 4 nitrogen and oxygen atoms in total. The number of aliphatic carboxylic acids is 1. The first-order valence-electron chi connectivity index (χ1n) is 6.02. The van der Waals surface area contributed by atoms with E-state index in [0.29, 0.717) is 31.8 Å². The zero-order chi connectivity index (χ0) is 11.9. The minimum Gasteiger partial charge on any atom is -0.481 e. The molecule has 0 aromatic heterocycles. The highest BCUT2D eigenvalue weighted by Crippen LogP contribution is 2.42. The predicted octanol–water partition coefficient (Wildman–Crippen LogP) is 1.36. The Morgan fingerprint density at radius 2 is 2.12 bits per heavy atom. The second kappa shape index (κ2) is 3.75. The van der Waals surface area contributed by atoms with Crippen LogP contribution >= 0.6 is 0 Å². The predicted molar refractivity (Wildman–Crippen MR) is 58.8 cm³/mol. The van der Waals surface area contributed by atoms with Gasteiger partial charge in [0.05, 0.1) is 5.41 Å². The van der Waals surface area contributed by atoms with Crippen molar-refractivity contribution >= 4 is 11.9 Å². The summed E-state index contributed by atoms with van der Waals surface area (Å²) in [5.74, 6) is 0.0774. The smallest absolute Gasteiger partial charge is 0.311 e. The van der Waals surface area contributed by atoms with Crippen LogP contribution in [0.4, 0.5) is 0 Å². The fourth-order valence-electron chi connectivity index (χ4n) is 2.58. The summed E-state index contributed by atoms with van der Waals surface area (Å²) >= 11 is 0. The van der Waals surface area contributed by atoms with Crippen molar-refractivity contribution in [1.29, 1.82) is 0 Å². The van der Waals surface area contributed by atoms with Crippen molar-refractivity contribution in [2.45, 2.75) is 33.1 Å². The maximum atomic E-state index is 12.0. The van der Waals surface area contributed by atoms with Gasteiger partial charge in [-0.2, -0.15) is 0 Å². The molecule has 1 aliphatic carbocycles. The molecule has 0 spiro atoms. The molecule has 1 heterocycles. The second-order valence-electron chi connectivity index (χ2n) is 5.27. The summed E-state index contributed by atoms with van der Waals surface area (Å²) in [6.07, 6.45) is 2.18. The van der Waals surface area contributed by atoms with E-state index in [2.05, 4.69) is 6.92 Å². The van der Waals surface area contributed by atoms with E-state index < -0.39 is 11.4 Å². The third-order valence-corrected chi connectivity index (χ3v) is 4.22. The molecule has 0 aromatic carbocycles. The molecule has 0 bridgehead atoms. The van der Waals surface area contributed by atoms with Crippen molar-refractivity contribution in [3.8, 4) is 0 Å². The SMILES string of the molecule is CCC1(C(=O)O)CCN(C(=O)C2CC2C)C1. The van der Waals surface area contributed by atoms with Crippen LogP contribution in [0.25, 0.3) is 0 Å². The molecule has 2 rings (SSSR count). The minimum absolute atomic E-state index is 0.168. The maximum absolute atomic E-state index is 12.0. The number of carbonyl (C=O) groups is 2. The van der Waals surface area contributed by atoms with Gasteiger partial charge in [-0.05, 0) is 25.2 Å². The summed E-state index contributed by atoms with van der Waals surface area (Å²) < 4.78 is 0. The number of nitrogens with zero attached hydrogens (tertiary/aromatic N) is 1. The van der Waals surface area contributed by atoms with Gasteiger partial charge in [0, 0.05) is 19.0 Å². The summed E-state index contributed by atoms with van der Waals surface area (Å²) in [7, 11) is 0. The van der Waals surface area contributed by atoms with E-state index in [1.54, 1.807) is 4.90 Å². The van der Waals surface area contributed by atoms with Crippen LogP contribution in [0.1, 0.15) is 33.1 Å². The van der Waals surface area contributed by atoms with Crippen molar-refractivity contribution in [2.24, 2.45) is 17.3 Å². The highest BCUT2D eigenvalue weighted by atomic mass is 16.4. The molecule has 0 aromatic rings. The number of hydrogen-bond donors (Lipinski definition) is 1. The second-order valence-corrected chi connectivity index (χ2v) is 5.27. The quantitative estimate of drug-likeness (QED) is 0.789. The summed E-state index contributed by atoms with van der Waals surface area (Å²) in [5, 5.41) is 9.23. The van der Waals surface area contributed by atoms with Crippen LogP contribution < -0.4 is 0 Å². The standard InChI is InChI=1S/C12H19NO3/c1-3-12(11(15)16)4-5-13(7-12)10(14)9-6-8(9)2/h8-9H,3-7H2,1-2H3,(H,15,16). The topological polar surface area (TPSA) is 57.6 Å². The third-order valence-electron chi connectivity index (χ3n) is 4.22. The lowest BCUT2D eigenvalue weighted by Gasteiger charge is -2.23. The molecule has 3 unspecified atom stereocenters. The Labute approximate surface area is 95.6 Å². The molecule has 1 saturated carbocycles. The van der Waals surface area contributed by atoms with Gasteiger partial charge in [-0.1, -0.05) is 13.8 Å². The van der Waals surface area contributed by atoms with E-state index >= 15 is 0 Å². The molecule has 1 saturated heterocycles. The number of carboxylic acids is 1. The number of likely N-dealkylation sites (tertiary alicyclic amines) is 1. The van der Waals surface area contributed by atoms with Gasteiger partial charge in [0.2, 0.25) is 5.91 Å². The molecule has 0 radical (unpaired) electrons. The molecule has 2 fully saturated rings. The molecule has 2 aliphatic rings. The average Bonchev–Trinajstić information content (AvgIpc) is 2.82. The Bertz CT molecular complexity index is 328. The fraction of sp³-hybridized carbons (Fsp3) is 0.833. The van der Waals surface area contributed by atoms with E-state index in [9.17, 15) is 14.7 Å². The average molecular weight is 225 g/mol. The third kappa shape index (κ3) is 1.70. The van der Waals surface area contributed by atoms with Crippen LogP contribution in [0.5, 0.6) is 0 Å². The Balaban J connectivity index is 2.01. The molecule has 1 N–H and O–H groups in total. The molecule has 3 atom stereocenters. The van der Waals surface area contributed by atoms with Gasteiger partial charge < -0.3 is 10.0 Å². The lowest BCUT2D eigenvalue weighted by molar-refractivity contribution is -0.148. The van der Waals surface area contributed by atoms with Crippen LogP contribution in [0, 0.1) is 17.3 Å². The Kier molecular flexibility index (Phi) is 2.68. The number of amides is 1. The molecule has 4 heteroatoms. The fourth-order valence-corrected chi connectivity index (χ4v) is 2.58. The zero-order valence-electron chi connectivity index (χ0n) is 9.90. The van der Waals surface area contributed by atoms with Crippen molar-refractivity contribution in [3.63, 3.8) is 0 Å². The Hall–Kier alpha value is -1.06. The van der Waals surface area contributed by atoms with Crippen molar-refractivity contribution in [2.75, 3.05) is 13.1 Å². The van der Waals surface area contributed by atoms with Crippen LogP contribution in [0.15, 0.2) is 0 Å².